The summed E-state index contributed by atoms with van der Waals surface area (Å²) in [7, 11) is 0. The first kappa shape index (κ1) is 13.3. The Hall–Kier alpha value is 0.270. The van der Waals surface area contributed by atoms with Crippen LogP contribution in [0.25, 0.3) is 0 Å². The minimum absolute atomic E-state index is 0.777. The van der Waals surface area contributed by atoms with Crippen LogP contribution in [0.4, 0.5) is 0 Å². The SMILES string of the molecule is CCCN1CCCC(NCCSC)CC1. The van der Waals surface area contributed by atoms with Gasteiger partial charge in [-0.2, -0.15) is 11.8 Å². The minimum atomic E-state index is 0.777. The van der Waals surface area contributed by atoms with Crippen LogP contribution >= 0.6 is 11.8 Å². The molecule has 0 aromatic carbocycles. The van der Waals surface area contributed by atoms with Crippen molar-refractivity contribution in [2.75, 3.05) is 38.2 Å². The summed E-state index contributed by atoms with van der Waals surface area (Å²) >= 11 is 1.93. The van der Waals surface area contributed by atoms with E-state index in [-0.39, 0.29) is 0 Å². The normalized spacial score (nSPS) is 24.0. The Bertz CT molecular complexity index is 153. The van der Waals surface area contributed by atoms with E-state index in [2.05, 4.69) is 23.4 Å². The van der Waals surface area contributed by atoms with E-state index in [1.807, 2.05) is 11.8 Å². The molecule has 1 unspecified atom stereocenters. The predicted molar refractivity (Wildman–Crippen MR) is 70.8 cm³/mol. The minimum Gasteiger partial charge on any atom is -0.313 e. The maximum absolute atomic E-state index is 3.68. The zero-order chi connectivity index (χ0) is 10.9. The molecule has 1 saturated heterocycles. The van der Waals surface area contributed by atoms with Gasteiger partial charge in [0.1, 0.15) is 0 Å². The van der Waals surface area contributed by atoms with Gasteiger partial charge in [0, 0.05) is 18.3 Å². The van der Waals surface area contributed by atoms with Gasteiger partial charge in [0.2, 0.25) is 0 Å². The summed E-state index contributed by atoms with van der Waals surface area (Å²) in [6.07, 6.45) is 7.56. The molecule has 0 aromatic heterocycles. The van der Waals surface area contributed by atoms with Crippen LogP contribution < -0.4 is 5.32 Å². The molecule has 0 radical (unpaired) electrons. The van der Waals surface area contributed by atoms with Crippen LogP contribution in [0.5, 0.6) is 0 Å². The first-order valence-electron chi connectivity index (χ1n) is 6.31. The number of nitrogens with one attached hydrogen (secondary N) is 1. The number of hydrogen-bond donors (Lipinski definition) is 1. The third-order valence-corrected chi connectivity index (χ3v) is 3.71. The van der Waals surface area contributed by atoms with E-state index in [4.69, 9.17) is 0 Å². The molecule has 15 heavy (non-hydrogen) atoms. The molecule has 0 aliphatic carbocycles. The average Bonchev–Trinajstić information content (AvgIpc) is 2.45. The molecule has 0 amide bonds. The van der Waals surface area contributed by atoms with E-state index in [0.29, 0.717) is 0 Å². The second-order valence-corrected chi connectivity index (χ2v) is 5.40. The van der Waals surface area contributed by atoms with E-state index in [1.165, 1.54) is 57.6 Å². The Balaban J connectivity index is 2.14. The summed E-state index contributed by atoms with van der Waals surface area (Å²) in [5.74, 6) is 1.25. The molecule has 0 spiro atoms. The lowest BCUT2D eigenvalue weighted by Crippen LogP contribution is -2.32. The fourth-order valence-electron chi connectivity index (χ4n) is 2.26. The van der Waals surface area contributed by atoms with Gasteiger partial charge < -0.3 is 10.2 Å². The van der Waals surface area contributed by atoms with Crippen molar-refractivity contribution in [1.29, 1.82) is 0 Å². The standard InChI is InChI=1S/C12H26N2S/c1-3-8-14-9-4-5-12(6-10-14)13-7-11-15-2/h12-13H,3-11H2,1-2H3. The highest BCUT2D eigenvalue weighted by Crippen LogP contribution is 2.11. The van der Waals surface area contributed by atoms with E-state index in [9.17, 15) is 0 Å². The molecule has 0 aromatic rings. The molecule has 1 aliphatic heterocycles. The van der Waals surface area contributed by atoms with Crippen molar-refractivity contribution < 1.29 is 0 Å². The van der Waals surface area contributed by atoms with Gasteiger partial charge in [0.15, 0.2) is 0 Å². The van der Waals surface area contributed by atoms with Crippen molar-refractivity contribution in [3.8, 4) is 0 Å². The molecule has 1 aliphatic rings. The lowest BCUT2D eigenvalue weighted by molar-refractivity contribution is 0.283. The number of rotatable bonds is 6. The molecule has 3 heteroatoms. The lowest BCUT2D eigenvalue weighted by atomic mass is 10.1. The van der Waals surface area contributed by atoms with Crippen molar-refractivity contribution in [3.05, 3.63) is 0 Å². The molecule has 90 valence electrons. The fourth-order valence-corrected chi connectivity index (χ4v) is 2.59. The third kappa shape index (κ3) is 5.79. The average molecular weight is 230 g/mol. The Morgan fingerprint density at radius 1 is 1.33 bits per heavy atom. The third-order valence-electron chi connectivity index (χ3n) is 3.10. The molecule has 1 rings (SSSR count). The second kappa shape index (κ2) is 8.43. The first-order chi connectivity index (χ1) is 7.36. The molecule has 0 bridgehead atoms. The van der Waals surface area contributed by atoms with Crippen LogP contribution in [0.3, 0.4) is 0 Å². The van der Waals surface area contributed by atoms with Crippen molar-refractivity contribution in [2.45, 2.75) is 38.6 Å². The number of thioether (sulfide) groups is 1. The molecular weight excluding hydrogens is 204 g/mol. The summed E-state index contributed by atoms with van der Waals surface area (Å²) < 4.78 is 0. The van der Waals surface area contributed by atoms with Crippen molar-refractivity contribution in [3.63, 3.8) is 0 Å². The largest absolute Gasteiger partial charge is 0.313 e. The summed E-state index contributed by atoms with van der Waals surface area (Å²) in [5.41, 5.74) is 0. The van der Waals surface area contributed by atoms with Crippen molar-refractivity contribution in [2.24, 2.45) is 0 Å². The molecule has 1 fully saturated rings. The van der Waals surface area contributed by atoms with Gasteiger partial charge in [-0.05, 0) is 51.6 Å². The van der Waals surface area contributed by atoms with E-state index < -0.39 is 0 Å². The van der Waals surface area contributed by atoms with Crippen LogP contribution in [0.15, 0.2) is 0 Å². The fraction of sp³-hybridized carbons (Fsp3) is 1.00. The quantitative estimate of drug-likeness (QED) is 0.704. The van der Waals surface area contributed by atoms with Gasteiger partial charge >= 0.3 is 0 Å². The van der Waals surface area contributed by atoms with E-state index in [1.54, 1.807) is 0 Å². The van der Waals surface area contributed by atoms with Crippen LogP contribution in [-0.2, 0) is 0 Å². The Kier molecular flexibility index (Phi) is 7.49. The molecule has 1 heterocycles. The Morgan fingerprint density at radius 3 is 2.93 bits per heavy atom. The highest BCUT2D eigenvalue weighted by atomic mass is 32.2. The number of likely N-dealkylation sites (tertiary alicyclic amines) is 1. The van der Waals surface area contributed by atoms with Gasteiger partial charge in [0.25, 0.3) is 0 Å². The van der Waals surface area contributed by atoms with Crippen molar-refractivity contribution in [1.82, 2.24) is 10.2 Å². The van der Waals surface area contributed by atoms with Crippen LogP contribution in [0.1, 0.15) is 32.6 Å². The van der Waals surface area contributed by atoms with Crippen molar-refractivity contribution >= 4 is 11.8 Å². The smallest absolute Gasteiger partial charge is 0.00800 e. The summed E-state index contributed by atoms with van der Waals surface area (Å²) in [4.78, 5) is 2.62. The predicted octanol–water partition coefficient (Wildman–Crippen LogP) is 2.20. The molecule has 1 atom stereocenters. The second-order valence-electron chi connectivity index (χ2n) is 4.42. The maximum Gasteiger partial charge on any atom is 0.00800 e. The summed E-state index contributed by atoms with van der Waals surface area (Å²) in [6.45, 7) is 7.36. The zero-order valence-corrected chi connectivity index (χ0v) is 11.1. The van der Waals surface area contributed by atoms with Gasteiger partial charge in [-0.3, -0.25) is 0 Å². The molecular formula is C12H26N2S. The van der Waals surface area contributed by atoms with Gasteiger partial charge in [-0.1, -0.05) is 6.92 Å². The summed E-state index contributed by atoms with van der Waals surface area (Å²) in [5, 5.41) is 3.68. The molecule has 2 nitrogen and oxygen atoms in total. The zero-order valence-electron chi connectivity index (χ0n) is 10.3. The van der Waals surface area contributed by atoms with E-state index in [0.717, 1.165) is 6.04 Å². The van der Waals surface area contributed by atoms with Gasteiger partial charge in [-0.15, -0.1) is 0 Å². The van der Waals surface area contributed by atoms with E-state index >= 15 is 0 Å². The number of nitrogens with zero attached hydrogens (tertiary/aromatic N) is 1. The molecule has 1 N–H and O–H groups in total. The summed E-state index contributed by atoms with van der Waals surface area (Å²) in [6, 6.07) is 0.777. The number of hydrogen-bond acceptors (Lipinski definition) is 3. The lowest BCUT2D eigenvalue weighted by Gasteiger charge is -2.19. The van der Waals surface area contributed by atoms with Crippen LogP contribution in [-0.4, -0.2) is 49.1 Å². The molecule has 0 saturated carbocycles. The van der Waals surface area contributed by atoms with Crippen LogP contribution in [0, 0.1) is 0 Å². The van der Waals surface area contributed by atoms with Gasteiger partial charge in [0.05, 0.1) is 0 Å². The highest BCUT2D eigenvalue weighted by molar-refractivity contribution is 7.98. The van der Waals surface area contributed by atoms with Crippen LogP contribution in [0.2, 0.25) is 0 Å². The first-order valence-corrected chi connectivity index (χ1v) is 7.71. The Morgan fingerprint density at radius 2 is 2.20 bits per heavy atom. The van der Waals surface area contributed by atoms with Gasteiger partial charge in [-0.25, -0.2) is 0 Å². The maximum atomic E-state index is 3.68. The highest BCUT2D eigenvalue weighted by Gasteiger charge is 2.15. The topological polar surface area (TPSA) is 15.3 Å². The monoisotopic (exact) mass is 230 g/mol. The Labute approximate surface area is 99.2 Å².